The number of piperidine rings is 1. The molecule has 112 valence electrons. The molecule has 2 aromatic rings. The molecule has 1 saturated heterocycles. The first-order chi connectivity index (χ1) is 10.2. The normalized spacial score (nSPS) is 17.8. The maximum absolute atomic E-state index is 12.5. The average molecular weight is 288 g/mol. The number of imidazole rings is 1. The number of nitrogens with one attached hydrogen (secondary N) is 2. The Hall–Kier alpha value is -1.92. The minimum absolute atomic E-state index is 0.0327. The summed E-state index contributed by atoms with van der Waals surface area (Å²) >= 11 is 0. The predicted octanol–water partition coefficient (Wildman–Crippen LogP) is 0.719. The quantitative estimate of drug-likeness (QED) is 0.870. The average Bonchev–Trinajstić information content (AvgIpc) is 3.00. The van der Waals surface area contributed by atoms with E-state index in [0.29, 0.717) is 19.4 Å². The van der Waals surface area contributed by atoms with Crippen molar-refractivity contribution in [2.75, 3.05) is 20.2 Å². The van der Waals surface area contributed by atoms with Crippen LogP contribution in [0.4, 0.5) is 0 Å². The van der Waals surface area contributed by atoms with Gasteiger partial charge in [-0.15, -0.1) is 0 Å². The highest BCUT2D eigenvalue weighted by atomic mass is 16.5. The third-order valence-electron chi connectivity index (χ3n) is 4.13. The van der Waals surface area contributed by atoms with Crippen molar-refractivity contribution < 1.29 is 9.53 Å². The SMILES string of the molecule is COC1(C(=O)NCc2ccn3ccnc3c2)CCNCC1. The zero-order valence-electron chi connectivity index (χ0n) is 12.1. The number of hydrogen-bond donors (Lipinski definition) is 2. The minimum atomic E-state index is -0.692. The van der Waals surface area contributed by atoms with E-state index in [9.17, 15) is 4.79 Å². The predicted molar refractivity (Wildman–Crippen MR) is 78.9 cm³/mol. The van der Waals surface area contributed by atoms with Crippen LogP contribution in [0.5, 0.6) is 0 Å². The van der Waals surface area contributed by atoms with Gasteiger partial charge in [-0.2, -0.15) is 0 Å². The Bertz CT molecular complexity index is 631. The molecule has 0 unspecified atom stereocenters. The molecule has 0 spiro atoms. The summed E-state index contributed by atoms with van der Waals surface area (Å²) in [6.07, 6.45) is 7.00. The summed E-state index contributed by atoms with van der Waals surface area (Å²) < 4.78 is 7.46. The van der Waals surface area contributed by atoms with E-state index in [2.05, 4.69) is 15.6 Å². The summed E-state index contributed by atoms with van der Waals surface area (Å²) in [7, 11) is 1.61. The third-order valence-corrected chi connectivity index (χ3v) is 4.13. The molecule has 1 amide bonds. The minimum Gasteiger partial charge on any atom is -0.368 e. The van der Waals surface area contributed by atoms with Gasteiger partial charge in [-0.25, -0.2) is 4.98 Å². The molecule has 0 aromatic carbocycles. The van der Waals surface area contributed by atoms with Crippen molar-refractivity contribution >= 4 is 11.6 Å². The van der Waals surface area contributed by atoms with Crippen LogP contribution in [0.3, 0.4) is 0 Å². The lowest BCUT2D eigenvalue weighted by molar-refractivity contribution is -0.146. The fraction of sp³-hybridized carbons (Fsp3) is 0.467. The highest BCUT2D eigenvalue weighted by molar-refractivity contribution is 5.85. The molecule has 2 aromatic heterocycles. The van der Waals surface area contributed by atoms with Gasteiger partial charge in [0.25, 0.3) is 5.91 Å². The molecule has 2 N–H and O–H groups in total. The van der Waals surface area contributed by atoms with Crippen LogP contribution in [-0.2, 0) is 16.1 Å². The lowest BCUT2D eigenvalue weighted by Gasteiger charge is -2.34. The van der Waals surface area contributed by atoms with E-state index in [1.54, 1.807) is 13.3 Å². The molecule has 1 fully saturated rings. The van der Waals surface area contributed by atoms with Gasteiger partial charge in [-0.3, -0.25) is 4.79 Å². The number of fused-ring (bicyclic) bond motifs is 1. The number of aromatic nitrogens is 2. The molecule has 21 heavy (non-hydrogen) atoms. The molecule has 0 saturated carbocycles. The second-order valence-corrected chi connectivity index (χ2v) is 5.36. The van der Waals surface area contributed by atoms with E-state index in [-0.39, 0.29) is 5.91 Å². The van der Waals surface area contributed by atoms with Gasteiger partial charge in [0.15, 0.2) is 0 Å². The number of hydrogen-bond acceptors (Lipinski definition) is 4. The van der Waals surface area contributed by atoms with Crippen LogP contribution in [-0.4, -0.2) is 41.1 Å². The van der Waals surface area contributed by atoms with E-state index in [4.69, 9.17) is 4.74 Å². The van der Waals surface area contributed by atoms with E-state index in [1.165, 1.54) is 0 Å². The van der Waals surface area contributed by atoms with Gasteiger partial charge in [0, 0.05) is 32.2 Å². The Morgan fingerprint density at radius 1 is 1.48 bits per heavy atom. The lowest BCUT2D eigenvalue weighted by atomic mass is 9.91. The molecule has 3 heterocycles. The largest absolute Gasteiger partial charge is 0.368 e. The standard InChI is InChI=1S/C15H20N4O2/c1-21-15(3-5-16-6-4-15)14(20)18-11-12-2-8-19-9-7-17-13(19)10-12/h2,7-10,16H,3-6,11H2,1H3,(H,18,20). The second kappa shape index (κ2) is 5.83. The van der Waals surface area contributed by atoms with E-state index < -0.39 is 5.60 Å². The fourth-order valence-corrected chi connectivity index (χ4v) is 2.76. The van der Waals surface area contributed by atoms with Gasteiger partial charge < -0.3 is 19.8 Å². The third kappa shape index (κ3) is 2.77. The first kappa shape index (κ1) is 14.0. The van der Waals surface area contributed by atoms with Gasteiger partial charge in [0.05, 0.1) is 0 Å². The molecule has 0 bridgehead atoms. The maximum atomic E-state index is 12.5. The highest BCUT2D eigenvalue weighted by Crippen LogP contribution is 2.22. The Morgan fingerprint density at radius 3 is 3.05 bits per heavy atom. The molecule has 0 aliphatic carbocycles. The lowest BCUT2D eigenvalue weighted by Crippen LogP contribution is -2.53. The number of pyridine rings is 1. The highest BCUT2D eigenvalue weighted by Gasteiger charge is 2.39. The van der Waals surface area contributed by atoms with Crippen LogP contribution >= 0.6 is 0 Å². The summed E-state index contributed by atoms with van der Waals surface area (Å²) in [4.78, 5) is 16.7. The first-order valence-corrected chi connectivity index (χ1v) is 7.19. The molecule has 3 rings (SSSR count). The number of ether oxygens (including phenoxy) is 1. The summed E-state index contributed by atoms with van der Waals surface area (Å²) in [6, 6.07) is 3.96. The Kier molecular flexibility index (Phi) is 3.90. The fourth-order valence-electron chi connectivity index (χ4n) is 2.76. The van der Waals surface area contributed by atoms with Gasteiger partial charge in [-0.1, -0.05) is 0 Å². The van der Waals surface area contributed by atoms with Crippen LogP contribution in [0.2, 0.25) is 0 Å². The van der Waals surface area contributed by atoms with Gasteiger partial charge in [0.2, 0.25) is 0 Å². The van der Waals surface area contributed by atoms with Gasteiger partial charge >= 0.3 is 0 Å². The van der Waals surface area contributed by atoms with Crippen LogP contribution < -0.4 is 10.6 Å². The molecule has 1 aliphatic rings. The Balaban J connectivity index is 1.66. The van der Waals surface area contributed by atoms with Crippen molar-refractivity contribution in [3.05, 3.63) is 36.3 Å². The van der Waals surface area contributed by atoms with Crippen LogP contribution in [0.25, 0.3) is 5.65 Å². The number of rotatable bonds is 4. The van der Waals surface area contributed by atoms with E-state index in [1.807, 2.05) is 28.9 Å². The van der Waals surface area contributed by atoms with Gasteiger partial charge in [-0.05, 0) is 43.6 Å². The number of nitrogens with zero attached hydrogens (tertiary/aromatic N) is 2. The number of carbonyl (C=O) groups excluding carboxylic acids is 1. The molecule has 0 radical (unpaired) electrons. The molecular formula is C15H20N4O2. The molecule has 6 nitrogen and oxygen atoms in total. The Labute approximate surface area is 123 Å². The van der Waals surface area contributed by atoms with Crippen molar-refractivity contribution in [3.63, 3.8) is 0 Å². The van der Waals surface area contributed by atoms with Crippen LogP contribution in [0, 0.1) is 0 Å². The smallest absolute Gasteiger partial charge is 0.252 e. The first-order valence-electron chi connectivity index (χ1n) is 7.19. The molecule has 6 heteroatoms. The van der Waals surface area contributed by atoms with Crippen LogP contribution in [0.1, 0.15) is 18.4 Å². The van der Waals surface area contributed by atoms with E-state index in [0.717, 1.165) is 24.3 Å². The molecule has 0 atom stereocenters. The maximum Gasteiger partial charge on any atom is 0.252 e. The molecule has 1 aliphatic heterocycles. The van der Waals surface area contributed by atoms with Crippen molar-refractivity contribution in [2.45, 2.75) is 25.0 Å². The summed E-state index contributed by atoms with van der Waals surface area (Å²) in [5, 5.41) is 6.24. The zero-order valence-corrected chi connectivity index (χ0v) is 12.1. The number of carbonyl (C=O) groups is 1. The van der Waals surface area contributed by atoms with Crippen LogP contribution in [0.15, 0.2) is 30.7 Å². The number of methoxy groups -OCH3 is 1. The second-order valence-electron chi connectivity index (χ2n) is 5.36. The van der Waals surface area contributed by atoms with Crippen molar-refractivity contribution in [1.82, 2.24) is 20.0 Å². The van der Waals surface area contributed by atoms with Crippen molar-refractivity contribution in [2.24, 2.45) is 0 Å². The number of amides is 1. The Morgan fingerprint density at radius 2 is 2.29 bits per heavy atom. The molecular weight excluding hydrogens is 268 g/mol. The summed E-state index contributed by atoms with van der Waals surface area (Å²) in [5.41, 5.74) is 1.22. The van der Waals surface area contributed by atoms with Crippen molar-refractivity contribution in [1.29, 1.82) is 0 Å². The zero-order chi connectivity index (χ0) is 14.7. The summed E-state index contributed by atoms with van der Waals surface area (Å²) in [6.45, 7) is 2.10. The topological polar surface area (TPSA) is 67.7 Å². The monoisotopic (exact) mass is 288 g/mol. The van der Waals surface area contributed by atoms with E-state index >= 15 is 0 Å². The van der Waals surface area contributed by atoms with Gasteiger partial charge in [0.1, 0.15) is 11.2 Å². The summed E-state index contributed by atoms with van der Waals surface area (Å²) in [5.74, 6) is -0.0327. The van der Waals surface area contributed by atoms with Crippen molar-refractivity contribution in [3.8, 4) is 0 Å².